The van der Waals surface area contributed by atoms with E-state index in [1.807, 2.05) is 84.9 Å². The van der Waals surface area contributed by atoms with Gasteiger partial charge < -0.3 is 5.32 Å². The quantitative estimate of drug-likeness (QED) is 0.413. The predicted molar refractivity (Wildman–Crippen MR) is 115 cm³/mol. The number of nitrogens with zero attached hydrogens (tertiary/aromatic N) is 2. The summed E-state index contributed by atoms with van der Waals surface area (Å²) in [5.41, 5.74) is 2.82. The predicted octanol–water partition coefficient (Wildman–Crippen LogP) is 6.85. The summed E-state index contributed by atoms with van der Waals surface area (Å²) in [4.78, 5) is 9.32. The standard InChI is InChI=1S/C22H15Cl2N3/c23-16-8-5-15(6-9-16)7-14-21-26-20-4-2-1-3-19(20)22(27-21)25-18-12-10-17(24)11-13-18/h1-14H,(H,25,26,27)/b14-7+. The summed E-state index contributed by atoms with van der Waals surface area (Å²) in [6, 6.07) is 23.1. The number of fused-ring (bicyclic) bond motifs is 1. The molecule has 27 heavy (non-hydrogen) atoms. The number of aromatic nitrogens is 2. The van der Waals surface area contributed by atoms with Gasteiger partial charge in [0.1, 0.15) is 5.82 Å². The van der Waals surface area contributed by atoms with Gasteiger partial charge in [-0.05, 0) is 60.2 Å². The van der Waals surface area contributed by atoms with Gasteiger partial charge in [0.05, 0.1) is 5.52 Å². The highest BCUT2D eigenvalue weighted by atomic mass is 35.5. The third kappa shape index (κ3) is 4.27. The van der Waals surface area contributed by atoms with Crippen molar-refractivity contribution >= 4 is 57.8 Å². The summed E-state index contributed by atoms with van der Waals surface area (Å²) < 4.78 is 0. The number of hydrogen-bond donors (Lipinski definition) is 1. The van der Waals surface area contributed by atoms with Crippen molar-refractivity contribution in [3.63, 3.8) is 0 Å². The van der Waals surface area contributed by atoms with Crippen LogP contribution in [0, 0.1) is 0 Å². The van der Waals surface area contributed by atoms with Crippen molar-refractivity contribution < 1.29 is 0 Å². The van der Waals surface area contributed by atoms with E-state index in [0.717, 1.165) is 28.0 Å². The molecule has 0 aliphatic carbocycles. The molecule has 3 aromatic carbocycles. The van der Waals surface area contributed by atoms with Crippen LogP contribution in [0.15, 0.2) is 72.8 Å². The van der Waals surface area contributed by atoms with E-state index in [2.05, 4.69) is 15.3 Å². The SMILES string of the molecule is Clc1ccc(/C=C/c2nc(Nc3ccc(Cl)cc3)c3ccccc3n2)cc1. The van der Waals surface area contributed by atoms with E-state index >= 15 is 0 Å². The number of anilines is 2. The highest BCUT2D eigenvalue weighted by Crippen LogP contribution is 2.25. The van der Waals surface area contributed by atoms with E-state index in [0.29, 0.717) is 15.9 Å². The first-order chi connectivity index (χ1) is 13.2. The average Bonchev–Trinajstić information content (AvgIpc) is 2.69. The molecule has 1 N–H and O–H groups in total. The van der Waals surface area contributed by atoms with Crippen LogP contribution in [0.4, 0.5) is 11.5 Å². The minimum absolute atomic E-state index is 0.625. The maximum Gasteiger partial charge on any atom is 0.154 e. The molecule has 0 aliphatic rings. The Morgan fingerprint density at radius 1 is 0.704 bits per heavy atom. The molecule has 0 bridgehead atoms. The lowest BCUT2D eigenvalue weighted by Gasteiger charge is -2.10. The van der Waals surface area contributed by atoms with Crippen molar-refractivity contribution in [2.24, 2.45) is 0 Å². The molecule has 132 valence electrons. The van der Waals surface area contributed by atoms with Gasteiger partial charge >= 0.3 is 0 Å². The second-order valence-electron chi connectivity index (χ2n) is 5.96. The Balaban J connectivity index is 1.71. The van der Waals surface area contributed by atoms with E-state index in [4.69, 9.17) is 23.2 Å². The van der Waals surface area contributed by atoms with Gasteiger partial charge in [-0.3, -0.25) is 0 Å². The Morgan fingerprint density at radius 2 is 1.37 bits per heavy atom. The van der Waals surface area contributed by atoms with Crippen LogP contribution in [-0.2, 0) is 0 Å². The van der Waals surface area contributed by atoms with Crippen LogP contribution in [0.2, 0.25) is 10.0 Å². The lowest BCUT2D eigenvalue weighted by atomic mass is 10.2. The molecule has 0 amide bonds. The monoisotopic (exact) mass is 391 g/mol. The van der Waals surface area contributed by atoms with Crippen molar-refractivity contribution in [2.75, 3.05) is 5.32 Å². The normalized spacial score (nSPS) is 11.2. The van der Waals surface area contributed by atoms with Gasteiger partial charge in [0.2, 0.25) is 0 Å². The molecule has 0 atom stereocenters. The number of para-hydroxylation sites is 1. The zero-order valence-electron chi connectivity index (χ0n) is 14.2. The summed E-state index contributed by atoms with van der Waals surface area (Å²) >= 11 is 11.9. The molecule has 0 radical (unpaired) electrons. The summed E-state index contributed by atoms with van der Waals surface area (Å²) in [7, 11) is 0. The van der Waals surface area contributed by atoms with Gasteiger partial charge in [-0.2, -0.15) is 0 Å². The molecule has 0 saturated heterocycles. The zero-order chi connectivity index (χ0) is 18.6. The van der Waals surface area contributed by atoms with Gasteiger partial charge in [0, 0.05) is 21.1 Å². The fourth-order valence-electron chi connectivity index (χ4n) is 2.68. The van der Waals surface area contributed by atoms with Gasteiger partial charge in [-0.15, -0.1) is 0 Å². The van der Waals surface area contributed by atoms with Crippen LogP contribution in [0.3, 0.4) is 0 Å². The number of hydrogen-bond acceptors (Lipinski definition) is 3. The van der Waals surface area contributed by atoms with E-state index in [1.165, 1.54) is 0 Å². The largest absolute Gasteiger partial charge is 0.340 e. The van der Waals surface area contributed by atoms with Crippen LogP contribution >= 0.6 is 23.2 Å². The summed E-state index contributed by atoms with van der Waals surface area (Å²) in [5, 5.41) is 5.72. The Labute approximate surface area is 167 Å². The topological polar surface area (TPSA) is 37.8 Å². The van der Waals surface area contributed by atoms with Crippen LogP contribution < -0.4 is 5.32 Å². The maximum atomic E-state index is 5.97. The third-order valence-corrected chi connectivity index (χ3v) is 4.53. The molecule has 4 aromatic rings. The molecule has 0 aliphatic heterocycles. The van der Waals surface area contributed by atoms with Crippen molar-refractivity contribution in [1.29, 1.82) is 0 Å². The Bertz CT molecular complexity index is 1100. The molecule has 4 rings (SSSR count). The molecular weight excluding hydrogens is 377 g/mol. The Hall–Kier alpha value is -2.88. The van der Waals surface area contributed by atoms with E-state index in [9.17, 15) is 0 Å². The Kier molecular flexibility index (Phi) is 5.05. The van der Waals surface area contributed by atoms with Gasteiger partial charge in [-0.25, -0.2) is 9.97 Å². The van der Waals surface area contributed by atoms with Crippen molar-refractivity contribution in [3.8, 4) is 0 Å². The number of benzene rings is 3. The van der Waals surface area contributed by atoms with Crippen molar-refractivity contribution in [3.05, 3.63) is 94.2 Å². The fraction of sp³-hybridized carbons (Fsp3) is 0. The van der Waals surface area contributed by atoms with Crippen LogP contribution in [-0.4, -0.2) is 9.97 Å². The molecule has 0 fully saturated rings. The molecule has 0 unspecified atom stereocenters. The maximum absolute atomic E-state index is 5.97. The van der Waals surface area contributed by atoms with Crippen LogP contribution in [0.5, 0.6) is 0 Å². The average molecular weight is 392 g/mol. The van der Waals surface area contributed by atoms with Crippen LogP contribution in [0.25, 0.3) is 23.1 Å². The first kappa shape index (κ1) is 17.5. The van der Waals surface area contributed by atoms with Crippen molar-refractivity contribution in [2.45, 2.75) is 0 Å². The number of halogens is 2. The lowest BCUT2D eigenvalue weighted by Crippen LogP contribution is -1.99. The van der Waals surface area contributed by atoms with Gasteiger partial charge in [-0.1, -0.05) is 53.5 Å². The second kappa shape index (κ2) is 7.78. The molecule has 5 heteroatoms. The summed E-state index contributed by atoms with van der Waals surface area (Å²) in [6.07, 6.45) is 3.86. The number of nitrogens with one attached hydrogen (secondary N) is 1. The van der Waals surface area contributed by atoms with Crippen LogP contribution in [0.1, 0.15) is 11.4 Å². The molecule has 0 spiro atoms. The molecule has 3 nitrogen and oxygen atoms in total. The number of rotatable bonds is 4. The zero-order valence-corrected chi connectivity index (χ0v) is 15.7. The third-order valence-electron chi connectivity index (χ3n) is 4.02. The molecular formula is C22H15Cl2N3. The summed E-state index contributed by atoms with van der Waals surface area (Å²) in [5.74, 6) is 1.37. The highest BCUT2D eigenvalue weighted by molar-refractivity contribution is 6.30. The lowest BCUT2D eigenvalue weighted by molar-refractivity contribution is 1.18. The van der Waals surface area contributed by atoms with E-state index in [1.54, 1.807) is 0 Å². The van der Waals surface area contributed by atoms with E-state index < -0.39 is 0 Å². The molecule has 0 saturated carbocycles. The minimum atomic E-state index is 0.625. The van der Waals surface area contributed by atoms with E-state index in [-0.39, 0.29) is 0 Å². The highest BCUT2D eigenvalue weighted by Gasteiger charge is 2.06. The van der Waals surface area contributed by atoms with Crippen molar-refractivity contribution in [1.82, 2.24) is 9.97 Å². The minimum Gasteiger partial charge on any atom is -0.340 e. The van der Waals surface area contributed by atoms with Gasteiger partial charge in [0.25, 0.3) is 0 Å². The Morgan fingerprint density at radius 3 is 2.11 bits per heavy atom. The molecule has 1 heterocycles. The second-order valence-corrected chi connectivity index (χ2v) is 6.84. The summed E-state index contributed by atoms with van der Waals surface area (Å²) in [6.45, 7) is 0. The molecule has 1 aromatic heterocycles. The fourth-order valence-corrected chi connectivity index (χ4v) is 2.93. The smallest absolute Gasteiger partial charge is 0.154 e. The first-order valence-corrected chi connectivity index (χ1v) is 9.16. The first-order valence-electron chi connectivity index (χ1n) is 8.40. The van der Waals surface area contributed by atoms with Gasteiger partial charge in [0.15, 0.2) is 5.82 Å².